The van der Waals surface area contributed by atoms with E-state index in [0.717, 1.165) is 89.0 Å². The quantitative estimate of drug-likeness (QED) is 0.0375. The van der Waals surface area contributed by atoms with Crippen LogP contribution in [0.5, 0.6) is 0 Å². The molecule has 0 amide bonds. The third kappa shape index (κ3) is 45.9. The van der Waals surface area contributed by atoms with Crippen LogP contribution in [0.3, 0.4) is 0 Å². The Bertz CT molecular complexity index is 1000. The highest BCUT2D eigenvalue weighted by Crippen LogP contribution is 2.23. The fraction of sp³-hybridized carbons (Fsp3) is 0.906. The minimum Gasteiger partial charge on any atom is -0.499 e. The zero-order valence-corrected chi connectivity index (χ0v) is 42.6. The summed E-state index contributed by atoms with van der Waals surface area (Å²) in [5.41, 5.74) is 5.50. The SMILES string of the molecule is C=C(CCCCCCCN(CCCCCCCC=O)CCCNc1noc(N)n1)OCCC(CCCCC)CCCCC.CCCC.CCCCCC(CCCCC)CCOC. The molecule has 0 aliphatic carbocycles. The van der Waals surface area contributed by atoms with Gasteiger partial charge in [0.1, 0.15) is 6.29 Å². The van der Waals surface area contributed by atoms with Crippen LogP contribution in [0.15, 0.2) is 16.9 Å². The second-order valence-corrected chi connectivity index (χ2v) is 18.0. The van der Waals surface area contributed by atoms with Crippen molar-refractivity contribution < 1.29 is 18.8 Å². The Labute approximate surface area is 386 Å². The van der Waals surface area contributed by atoms with Gasteiger partial charge in [0.25, 0.3) is 5.95 Å². The predicted molar refractivity (Wildman–Crippen MR) is 270 cm³/mol. The van der Waals surface area contributed by atoms with Gasteiger partial charge in [0.15, 0.2) is 0 Å². The number of nitrogens with zero attached hydrogens (tertiary/aromatic N) is 3. The lowest BCUT2D eigenvalue weighted by atomic mass is 9.92. The van der Waals surface area contributed by atoms with Gasteiger partial charge in [0, 0.05) is 33.1 Å². The van der Waals surface area contributed by atoms with Gasteiger partial charge in [-0.05, 0) is 81.6 Å². The standard InChI is InChI=1S/C35H67N5O3.C14H30O.C4H10/c1-4-6-15-23-33(24-16-7-5-2)25-31-42-32(3)22-17-11-10-13-19-28-40(27-18-12-8-9-14-20-30-41)29-21-26-37-35-38-34(36)43-39-35;1-4-6-8-10-14(12-13-15-3)11-9-7-5-2;1-3-4-2/h30,33H,3-29,31H2,1-2H3,(H3,36,37,38,39);14H,4-13H2,1-3H3;3-4H2,1-2H3. The number of ether oxygens (including phenoxy) is 2. The summed E-state index contributed by atoms with van der Waals surface area (Å²) in [6.45, 7) is 23.6. The second-order valence-electron chi connectivity index (χ2n) is 18.0. The van der Waals surface area contributed by atoms with E-state index in [9.17, 15) is 4.79 Å². The molecule has 0 saturated heterocycles. The number of hydrogen-bond donors (Lipinski definition) is 2. The first-order valence-electron chi connectivity index (χ1n) is 26.6. The van der Waals surface area contributed by atoms with Crippen molar-refractivity contribution in [2.45, 2.75) is 253 Å². The summed E-state index contributed by atoms with van der Waals surface area (Å²) in [5, 5.41) is 6.98. The van der Waals surface area contributed by atoms with Crippen molar-refractivity contribution in [2.75, 3.05) is 57.6 Å². The summed E-state index contributed by atoms with van der Waals surface area (Å²) in [6, 6.07) is 0.0913. The number of aromatic nitrogens is 2. The number of unbranched alkanes of at least 4 members (excludes halogenated alkanes) is 18. The number of nitrogen functional groups attached to an aromatic ring is 1. The average molecular weight is 878 g/mol. The van der Waals surface area contributed by atoms with Gasteiger partial charge in [-0.3, -0.25) is 0 Å². The van der Waals surface area contributed by atoms with Gasteiger partial charge in [0.2, 0.25) is 0 Å². The van der Waals surface area contributed by atoms with Gasteiger partial charge >= 0.3 is 6.01 Å². The second kappa shape index (κ2) is 51.5. The van der Waals surface area contributed by atoms with E-state index in [1.807, 2.05) is 7.11 Å². The molecule has 368 valence electrons. The van der Waals surface area contributed by atoms with Crippen molar-refractivity contribution in [2.24, 2.45) is 11.8 Å². The van der Waals surface area contributed by atoms with Crippen LogP contribution < -0.4 is 11.1 Å². The first-order chi connectivity index (χ1) is 30.3. The minimum atomic E-state index is 0.0913. The molecule has 9 nitrogen and oxygen atoms in total. The Morgan fingerprint density at radius 1 is 0.629 bits per heavy atom. The number of aldehydes is 1. The molecule has 62 heavy (non-hydrogen) atoms. The van der Waals surface area contributed by atoms with E-state index in [0.29, 0.717) is 12.4 Å². The fourth-order valence-corrected chi connectivity index (χ4v) is 7.75. The highest BCUT2D eigenvalue weighted by Gasteiger charge is 2.11. The van der Waals surface area contributed by atoms with Gasteiger partial charge in [-0.1, -0.05) is 202 Å². The lowest BCUT2D eigenvalue weighted by Gasteiger charge is -2.22. The summed E-state index contributed by atoms with van der Waals surface area (Å²) in [4.78, 5) is 17.1. The molecule has 1 heterocycles. The molecular weight excluding hydrogens is 771 g/mol. The maximum absolute atomic E-state index is 10.5. The minimum absolute atomic E-state index is 0.0913. The maximum Gasteiger partial charge on any atom is 0.320 e. The van der Waals surface area contributed by atoms with E-state index in [2.05, 4.69) is 68.5 Å². The van der Waals surface area contributed by atoms with Crippen molar-refractivity contribution in [3.8, 4) is 0 Å². The van der Waals surface area contributed by atoms with Gasteiger partial charge in [-0.15, -0.1) is 0 Å². The molecule has 9 heteroatoms. The molecule has 0 bridgehead atoms. The van der Waals surface area contributed by atoms with Gasteiger partial charge < -0.3 is 34.7 Å². The highest BCUT2D eigenvalue weighted by molar-refractivity contribution is 5.48. The Morgan fingerprint density at radius 2 is 1.10 bits per heavy atom. The van der Waals surface area contributed by atoms with E-state index in [4.69, 9.17) is 19.7 Å². The largest absolute Gasteiger partial charge is 0.499 e. The summed E-state index contributed by atoms with van der Waals surface area (Å²) in [5.74, 6) is 3.18. The Hall–Kier alpha value is -2.13. The van der Waals surface area contributed by atoms with Gasteiger partial charge in [-0.2, -0.15) is 4.98 Å². The van der Waals surface area contributed by atoms with Crippen LogP contribution in [0.4, 0.5) is 12.0 Å². The molecule has 0 fully saturated rings. The molecule has 0 spiro atoms. The fourth-order valence-electron chi connectivity index (χ4n) is 7.75. The first kappa shape index (κ1) is 62.0. The van der Waals surface area contributed by atoms with E-state index < -0.39 is 0 Å². The normalized spacial score (nSPS) is 11.1. The van der Waals surface area contributed by atoms with E-state index in [1.165, 1.54) is 180 Å². The maximum atomic E-state index is 10.5. The number of carbonyl (C=O) groups is 1. The molecule has 0 aliphatic rings. The number of methoxy groups -OCH3 is 1. The van der Waals surface area contributed by atoms with Crippen molar-refractivity contribution in [3.63, 3.8) is 0 Å². The van der Waals surface area contributed by atoms with Crippen molar-refractivity contribution in [1.82, 2.24) is 15.0 Å². The van der Waals surface area contributed by atoms with E-state index in [1.54, 1.807) is 0 Å². The van der Waals surface area contributed by atoms with E-state index in [-0.39, 0.29) is 6.01 Å². The number of nitrogens with two attached hydrogens (primary N) is 1. The molecule has 0 atom stereocenters. The van der Waals surface area contributed by atoms with Crippen LogP contribution in [0, 0.1) is 11.8 Å². The molecule has 0 radical (unpaired) electrons. The zero-order chi connectivity index (χ0) is 46.0. The van der Waals surface area contributed by atoms with Crippen LogP contribution in [0.25, 0.3) is 0 Å². The first-order valence-corrected chi connectivity index (χ1v) is 26.6. The van der Waals surface area contributed by atoms with Gasteiger partial charge in [0.05, 0.1) is 12.4 Å². The molecular formula is C53H107N5O4. The zero-order valence-electron chi connectivity index (χ0n) is 42.6. The predicted octanol–water partition coefficient (Wildman–Crippen LogP) is 15.9. The van der Waals surface area contributed by atoms with Crippen LogP contribution in [-0.2, 0) is 14.3 Å². The lowest BCUT2D eigenvalue weighted by Crippen LogP contribution is -2.28. The molecule has 0 saturated carbocycles. The topological polar surface area (TPSA) is 116 Å². The molecule has 1 rings (SSSR count). The summed E-state index contributed by atoms with van der Waals surface area (Å²) in [6.07, 6.45) is 42.8. The number of hydrogen-bond acceptors (Lipinski definition) is 9. The van der Waals surface area contributed by atoms with Crippen molar-refractivity contribution in [3.05, 3.63) is 12.3 Å². The molecule has 3 N–H and O–H groups in total. The van der Waals surface area contributed by atoms with Crippen LogP contribution >= 0.6 is 0 Å². The molecule has 1 aromatic heterocycles. The Morgan fingerprint density at radius 3 is 1.55 bits per heavy atom. The van der Waals surface area contributed by atoms with Crippen molar-refractivity contribution in [1.29, 1.82) is 0 Å². The number of anilines is 2. The molecule has 0 unspecified atom stereocenters. The average Bonchev–Trinajstić information content (AvgIpc) is 3.70. The van der Waals surface area contributed by atoms with Crippen LogP contribution in [-0.4, -0.2) is 67.8 Å². The highest BCUT2D eigenvalue weighted by atomic mass is 16.5. The Balaban J connectivity index is 0. The Kier molecular flexibility index (Phi) is 51.5. The molecule has 1 aromatic rings. The summed E-state index contributed by atoms with van der Waals surface area (Å²) >= 11 is 0. The molecule has 0 aliphatic heterocycles. The third-order valence-corrected chi connectivity index (χ3v) is 12.0. The van der Waals surface area contributed by atoms with Crippen molar-refractivity contribution >= 4 is 18.2 Å². The van der Waals surface area contributed by atoms with Gasteiger partial charge in [-0.25, -0.2) is 0 Å². The summed E-state index contributed by atoms with van der Waals surface area (Å²) in [7, 11) is 1.81. The number of carbonyl (C=O) groups excluding carboxylic acids is 1. The molecule has 0 aromatic carbocycles. The smallest absolute Gasteiger partial charge is 0.320 e. The van der Waals surface area contributed by atoms with Crippen LogP contribution in [0.2, 0.25) is 0 Å². The number of rotatable bonds is 45. The number of allylic oxidation sites excluding steroid dienone is 1. The summed E-state index contributed by atoms with van der Waals surface area (Å²) < 4.78 is 16.1. The third-order valence-electron chi connectivity index (χ3n) is 12.0. The number of nitrogens with one attached hydrogen (secondary N) is 1. The van der Waals surface area contributed by atoms with E-state index >= 15 is 0 Å². The monoisotopic (exact) mass is 878 g/mol. The van der Waals surface area contributed by atoms with Crippen LogP contribution in [0.1, 0.15) is 253 Å². The lowest BCUT2D eigenvalue weighted by molar-refractivity contribution is -0.107.